The average Bonchev–Trinajstić information content (AvgIpc) is 3.35. The van der Waals surface area contributed by atoms with Gasteiger partial charge in [0.05, 0.1) is 4.88 Å². The number of benzene rings is 1. The number of aryl methyl sites for hydroxylation is 1. The summed E-state index contributed by atoms with van der Waals surface area (Å²) in [6, 6.07) is 11.1. The van der Waals surface area contributed by atoms with Crippen LogP contribution in [0.15, 0.2) is 46.3 Å². The molecule has 2 aromatic heterocycles. The molecule has 0 aliphatic carbocycles. The van der Waals surface area contributed by atoms with Crippen LogP contribution in [0.2, 0.25) is 0 Å². The number of rotatable bonds is 5. The molecule has 7 nitrogen and oxygen atoms in total. The van der Waals surface area contributed by atoms with Crippen molar-refractivity contribution in [1.29, 1.82) is 0 Å². The molecule has 3 rings (SSSR count). The zero-order chi connectivity index (χ0) is 20.1. The molecule has 2 heterocycles. The number of carbonyl (C=O) groups excluding carboxylic acids is 2. The lowest BCUT2D eigenvalue weighted by molar-refractivity contribution is -0.121. The maximum absolute atomic E-state index is 12.2. The Labute approximate surface area is 167 Å². The minimum Gasteiger partial charge on any atom is -0.339 e. The molecule has 0 saturated carbocycles. The number of nitrogens with one attached hydrogen (secondary N) is 2. The van der Waals surface area contributed by atoms with Gasteiger partial charge in [-0.25, -0.2) is 0 Å². The van der Waals surface area contributed by atoms with Crippen LogP contribution in [-0.4, -0.2) is 22.0 Å². The second-order valence-electron chi connectivity index (χ2n) is 7.32. The molecule has 0 unspecified atom stereocenters. The van der Waals surface area contributed by atoms with Crippen molar-refractivity contribution in [2.45, 2.75) is 39.0 Å². The zero-order valence-electron chi connectivity index (χ0n) is 16.0. The summed E-state index contributed by atoms with van der Waals surface area (Å²) in [7, 11) is 0. The fourth-order valence-corrected chi connectivity index (χ4v) is 3.11. The highest BCUT2D eigenvalue weighted by molar-refractivity contribution is 7.13. The Balaban J connectivity index is 1.46. The number of nitrogens with zero attached hydrogens (tertiary/aromatic N) is 2. The first-order valence-electron chi connectivity index (χ1n) is 8.89. The molecule has 8 heteroatoms. The van der Waals surface area contributed by atoms with Crippen LogP contribution in [0.1, 0.15) is 49.0 Å². The van der Waals surface area contributed by atoms with E-state index in [9.17, 15) is 9.59 Å². The molecule has 0 atom stereocenters. The van der Waals surface area contributed by atoms with Crippen LogP contribution in [0.3, 0.4) is 0 Å². The molecule has 0 aliphatic rings. The van der Waals surface area contributed by atoms with E-state index in [0.29, 0.717) is 23.7 Å². The predicted molar refractivity (Wildman–Crippen MR) is 107 cm³/mol. The van der Waals surface area contributed by atoms with Crippen LogP contribution in [0.5, 0.6) is 0 Å². The molecular formula is C20H22N4O3S. The van der Waals surface area contributed by atoms with Crippen molar-refractivity contribution in [3.63, 3.8) is 0 Å². The Morgan fingerprint density at radius 1 is 1.11 bits per heavy atom. The van der Waals surface area contributed by atoms with E-state index >= 15 is 0 Å². The molecule has 28 heavy (non-hydrogen) atoms. The van der Waals surface area contributed by atoms with Gasteiger partial charge in [0.25, 0.3) is 5.91 Å². The molecule has 0 aliphatic heterocycles. The zero-order valence-corrected chi connectivity index (χ0v) is 16.8. The molecule has 0 fully saturated rings. The van der Waals surface area contributed by atoms with Crippen molar-refractivity contribution < 1.29 is 14.1 Å². The lowest BCUT2D eigenvalue weighted by Crippen LogP contribution is -2.41. The van der Waals surface area contributed by atoms with E-state index in [4.69, 9.17) is 4.52 Å². The summed E-state index contributed by atoms with van der Waals surface area (Å²) >= 11 is 1.51. The Morgan fingerprint density at radius 2 is 1.86 bits per heavy atom. The summed E-state index contributed by atoms with van der Waals surface area (Å²) in [6.45, 7) is 6.32. The number of carbonyl (C=O) groups is 2. The first-order chi connectivity index (χ1) is 13.3. The molecule has 146 valence electrons. The number of hydrazine groups is 1. The highest BCUT2D eigenvalue weighted by Crippen LogP contribution is 2.22. The quantitative estimate of drug-likeness (QED) is 0.641. The van der Waals surface area contributed by atoms with Gasteiger partial charge in [-0.3, -0.25) is 20.4 Å². The van der Waals surface area contributed by atoms with Gasteiger partial charge in [0.1, 0.15) is 0 Å². The van der Waals surface area contributed by atoms with E-state index in [-0.39, 0.29) is 23.7 Å². The summed E-state index contributed by atoms with van der Waals surface area (Å²) < 4.78 is 5.15. The van der Waals surface area contributed by atoms with Gasteiger partial charge in [-0.2, -0.15) is 4.98 Å². The normalized spacial score (nSPS) is 11.2. The van der Waals surface area contributed by atoms with Crippen molar-refractivity contribution >= 4 is 23.2 Å². The van der Waals surface area contributed by atoms with Gasteiger partial charge >= 0.3 is 0 Å². The van der Waals surface area contributed by atoms with Crippen LogP contribution in [0.4, 0.5) is 0 Å². The first-order valence-corrected chi connectivity index (χ1v) is 9.77. The van der Waals surface area contributed by atoms with Crippen molar-refractivity contribution in [2.24, 2.45) is 0 Å². The highest BCUT2D eigenvalue weighted by Gasteiger charge is 2.15. The lowest BCUT2D eigenvalue weighted by Gasteiger charge is -2.19. The number of amides is 2. The second-order valence-corrected chi connectivity index (χ2v) is 8.27. The molecule has 0 bridgehead atoms. The third-order valence-corrected chi connectivity index (χ3v) is 4.97. The topological polar surface area (TPSA) is 97.1 Å². The van der Waals surface area contributed by atoms with Gasteiger partial charge in [-0.1, -0.05) is 44.1 Å². The highest BCUT2D eigenvalue weighted by atomic mass is 32.1. The predicted octanol–water partition coefficient (Wildman–Crippen LogP) is 3.49. The van der Waals surface area contributed by atoms with Gasteiger partial charge in [-0.15, -0.1) is 11.3 Å². The minimum absolute atomic E-state index is 0.0152. The van der Waals surface area contributed by atoms with Gasteiger partial charge in [0, 0.05) is 18.4 Å². The molecule has 0 radical (unpaired) electrons. The molecule has 0 spiro atoms. The fraction of sp³-hybridized carbons (Fsp3) is 0.300. The summed E-state index contributed by atoms with van der Waals surface area (Å²) in [4.78, 5) is 29.3. The molecule has 3 aromatic rings. The Hall–Kier alpha value is -3.00. The van der Waals surface area contributed by atoms with Gasteiger partial charge in [-0.05, 0) is 34.6 Å². The number of aromatic nitrogens is 2. The van der Waals surface area contributed by atoms with Crippen molar-refractivity contribution in [3.8, 4) is 10.7 Å². The van der Waals surface area contributed by atoms with E-state index in [2.05, 4.69) is 41.8 Å². The van der Waals surface area contributed by atoms with Gasteiger partial charge in [0.2, 0.25) is 17.6 Å². The molecule has 2 N–H and O–H groups in total. The number of thiophene rings is 1. The van der Waals surface area contributed by atoms with Crippen LogP contribution < -0.4 is 10.9 Å². The monoisotopic (exact) mass is 398 g/mol. The fourth-order valence-electron chi connectivity index (χ4n) is 2.47. The molecule has 0 saturated heterocycles. The van der Waals surface area contributed by atoms with Crippen molar-refractivity contribution in [1.82, 2.24) is 21.0 Å². The van der Waals surface area contributed by atoms with Crippen LogP contribution in [0.25, 0.3) is 10.7 Å². The van der Waals surface area contributed by atoms with Crippen molar-refractivity contribution in [2.75, 3.05) is 0 Å². The van der Waals surface area contributed by atoms with E-state index in [1.807, 2.05) is 29.6 Å². The van der Waals surface area contributed by atoms with Crippen molar-refractivity contribution in [3.05, 3.63) is 58.8 Å². The van der Waals surface area contributed by atoms with E-state index in [1.54, 1.807) is 12.1 Å². The second kappa shape index (κ2) is 8.35. The van der Waals surface area contributed by atoms with Crippen LogP contribution in [0, 0.1) is 0 Å². The van der Waals surface area contributed by atoms with Crippen LogP contribution in [-0.2, 0) is 16.6 Å². The lowest BCUT2D eigenvalue weighted by atomic mass is 9.87. The standard InChI is InChI=1S/C20H22N4O3S/c1-20(2,3)14-8-6-13(7-9-14)19(26)23-22-16(25)10-11-17-21-18(24-27-17)15-5-4-12-28-15/h4-9,12H,10-11H2,1-3H3,(H,22,25)(H,23,26). The molecular weight excluding hydrogens is 376 g/mol. The summed E-state index contributed by atoms with van der Waals surface area (Å²) in [5.41, 5.74) is 6.45. The maximum atomic E-state index is 12.2. The number of hydrogen-bond acceptors (Lipinski definition) is 6. The Bertz CT molecular complexity index is 941. The first kappa shape index (κ1) is 19.8. The van der Waals surface area contributed by atoms with Gasteiger partial charge in [0.15, 0.2) is 0 Å². The SMILES string of the molecule is CC(C)(C)c1ccc(C(=O)NNC(=O)CCc2nc(-c3cccs3)no2)cc1. The Kier molecular flexibility index (Phi) is 5.89. The van der Waals surface area contributed by atoms with Gasteiger partial charge < -0.3 is 4.52 Å². The van der Waals surface area contributed by atoms with E-state index in [0.717, 1.165) is 10.4 Å². The maximum Gasteiger partial charge on any atom is 0.269 e. The molecule has 1 aromatic carbocycles. The van der Waals surface area contributed by atoms with E-state index < -0.39 is 0 Å². The summed E-state index contributed by atoms with van der Waals surface area (Å²) in [5.74, 6) is 0.183. The third kappa shape index (κ3) is 5.04. The van der Waals surface area contributed by atoms with Crippen LogP contribution >= 0.6 is 11.3 Å². The number of hydrogen-bond donors (Lipinski definition) is 2. The summed E-state index contributed by atoms with van der Waals surface area (Å²) in [6.07, 6.45) is 0.412. The molecule has 2 amide bonds. The average molecular weight is 398 g/mol. The third-order valence-electron chi connectivity index (χ3n) is 4.10. The smallest absolute Gasteiger partial charge is 0.269 e. The van der Waals surface area contributed by atoms with E-state index in [1.165, 1.54) is 11.3 Å². The minimum atomic E-state index is -0.369. The Morgan fingerprint density at radius 3 is 2.50 bits per heavy atom. The summed E-state index contributed by atoms with van der Waals surface area (Å²) in [5, 5.41) is 5.83. The largest absolute Gasteiger partial charge is 0.339 e.